The van der Waals surface area contributed by atoms with Crippen molar-refractivity contribution in [3.8, 4) is 0 Å². The normalized spacial score (nSPS) is 14.1. The standard InChI is InChI=1S/C18H14ClFN4O2S/c19-11-2-1-3-14(8-11)24-15(21)9-16(25)23-18(24)27-10-17(26)22-13-6-4-12(20)5-7-13/h1-8,21H,9-10H2,(H,22,26). The van der Waals surface area contributed by atoms with Gasteiger partial charge in [-0.2, -0.15) is 4.99 Å². The summed E-state index contributed by atoms with van der Waals surface area (Å²) in [5.74, 6) is -1.16. The number of carbonyl (C=O) groups excluding carboxylic acids is 2. The molecular weight excluding hydrogens is 391 g/mol. The maximum Gasteiger partial charge on any atom is 0.255 e. The Hall–Kier alpha value is -2.71. The highest BCUT2D eigenvalue weighted by Crippen LogP contribution is 2.26. The van der Waals surface area contributed by atoms with Crippen LogP contribution in [0.15, 0.2) is 53.5 Å². The number of rotatable bonds is 4. The molecule has 0 aliphatic carbocycles. The summed E-state index contributed by atoms with van der Waals surface area (Å²) in [5.41, 5.74) is 1.05. The highest BCUT2D eigenvalue weighted by Gasteiger charge is 2.27. The molecule has 27 heavy (non-hydrogen) atoms. The number of hydrogen-bond acceptors (Lipinski definition) is 4. The summed E-state index contributed by atoms with van der Waals surface area (Å²) in [5, 5.41) is 11.5. The van der Waals surface area contributed by atoms with Crippen LogP contribution in [0.1, 0.15) is 6.42 Å². The molecule has 2 aromatic rings. The number of nitrogens with zero attached hydrogens (tertiary/aromatic N) is 2. The summed E-state index contributed by atoms with van der Waals surface area (Å²) < 4.78 is 12.9. The number of anilines is 2. The van der Waals surface area contributed by atoms with Gasteiger partial charge in [-0.25, -0.2) is 4.39 Å². The number of hydrogen-bond donors (Lipinski definition) is 2. The zero-order chi connectivity index (χ0) is 19.4. The molecule has 0 saturated carbocycles. The molecule has 6 nitrogen and oxygen atoms in total. The number of amides is 2. The monoisotopic (exact) mass is 404 g/mol. The van der Waals surface area contributed by atoms with Crippen molar-refractivity contribution in [2.45, 2.75) is 6.42 Å². The minimum absolute atomic E-state index is 0.0339. The summed E-state index contributed by atoms with van der Waals surface area (Å²) in [6.45, 7) is 0. The molecular formula is C18H14ClFN4O2S. The number of amidine groups is 2. The van der Waals surface area contributed by atoms with Crippen LogP contribution in [0, 0.1) is 11.2 Å². The summed E-state index contributed by atoms with van der Waals surface area (Å²) in [6.07, 6.45) is -0.127. The number of aliphatic imine (C=N–C) groups is 1. The molecule has 0 aromatic heterocycles. The van der Waals surface area contributed by atoms with Gasteiger partial charge in [0.2, 0.25) is 5.91 Å². The van der Waals surface area contributed by atoms with Crippen molar-refractivity contribution < 1.29 is 14.0 Å². The Kier molecular flexibility index (Phi) is 5.88. The van der Waals surface area contributed by atoms with Gasteiger partial charge in [0, 0.05) is 10.7 Å². The molecule has 0 bridgehead atoms. The largest absolute Gasteiger partial charge is 0.325 e. The smallest absolute Gasteiger partial charge is 0.255 e. The average Bonchev–Trinajstić information content (AvgIpc) is 2.61. The molecule has 2 amide bonds. The molecule has 3 rings (SSSR count). The first-order valence-corrected chi connectivity index (χ1v) is 9.21. The van der Waals surface area contributed by atoms with E-state index in [9.17, 15) is 14.0 Å². The van der Waals surface area contributed by atoms with Gasteiger partial charge >= 0.3 is 0 Å². The Morgan fingerprint density at radius 3 is 2.74 bits per heavy atom. The maximum absolute atomic E-state index is 12.9. The minimum atomic E-state index is -0.445. The van der Waals surface area contributed by atoms with E-state index in [2.05, 4.69) is 10.3 Å². The maximum atomic E-state index is 12.9. The fourth-order valence-electron chi connectivity index (χ4n) is 2.37. The Bertz CT molecular complexity index is 933. The van der Waals surface area contributed by atoms with Crippen molar-refractivity contribution in [2.75, 3.05) is 16.0 Å². The second kappa shape index (κ2) is 8.32. The van der Waals surface area contributed by atoms with Gasteiger partial charge in [-0.15, -0.1) is 0 Å². The van der Waals surface area contributed by atoms with Gasteiger partial charge < -0.3 is 5.32 Å². The van der Waals surface area contributed by atoms with E-state index >= 15 is 0 Å². The SMILES string of the molecule is N=C1CC(=O)N=C(SCC(=O)Nc2ccc(F)cc2)N1c1cccc(Cl)c1. The van der Waals surface area contributed by atoms with E-state index in [4.69, 9.17) is 17.0 Å². The van der Waals surface area contributed by atoms with Crippen molar-refractivity contribution >= 4 is 57.6 Å². The van der Waals surface area contributed by atoms with Crippen LogP contribution >= 0.6 is 23.4 Å². The first-order chi connectivity index (χ1) is 12.9. The lowest BCUT2D eigenvalue weighted by molar-refractivity contribution is -0.117. The molecule has 1 heterocycles. The van der Waals surface area contributed by atoms with Crippen molar-refractivity contribution in [2.24, 2.45) is 4.99 Å². The highest BCUT2D eigenvalue weighted by atomic mass is 35.5. The van der Waals surface area contributed by atoms with Crippen molar-refractivity contribution in [1.29, 1.82) is 5.41 Å². The van der Waals surface area contributed by atoms with Crippen LogP contribution in [0.3, 0.4) is 0 Å². The number of benzene rings is 2. The number of halogens is 2. The molecule has 2 aromatic carbocycles. The number of thioether (sulfide) groups is 1. The second-order valence-corrected chi connectivity index (χ2v) is 6.95. The van der Waals surface area contributed by atoms with E-state index in [0.29, 0.717) is 16.4 Å². The van der Waals surface area contributed by atoms with E-state index in [1.54, 1.807) is 24.3 Å². The van der Waals surface area contributed by atoms with Gasteiger partial charge in [-0.05, 0) is 42.5 Å². The van der Waals surface area contributed by atoms with E-state index in [-0.39, 0.29) is 29.1 Å². The lowest BCUT2D eigenvalue weighted by Crippen LogP contribution is -2.40. The molecule has 2 N–H and O–H groups in total. The predicted molar refractivity (Wildman–Crippen MR) is 106 cm³/mol. The Labute approximate surface area is 163 Å². The fourth-order valence-corrected chi connectivity index (χ4v) is 3.40. The molecule has 0 fully saturated rings. The van der Waals surface area contributed by atoms with Gasteiger partial charge in [-0.1, -0.05) is 29.4 Å². The van der Waals surface area contributed by atoms with Crippen LogP contribution in [0.4, 0.5) is 15.8 Å². The zero-order valence-electron chi connectivity index (χ0n) is 13.9. The fraction of sp³-hybridized carbons (Fsp3) is 0.111. The van der Waals surface area contributed by atoms with E-state index in [1.165, 1.54) is 29.2 Å². The van der Waals surface area contributed by atoms with Crippen LogP contribution in [-0.2, 0) is 9.59 Å². The summed E-state index contributed by atoms with van der Waals surface area (Å²) in [7, 11) is 0. The van der Waals surface area contributed by atoms with Gasteiger partial charge in [0.25, 0.3) is 5.91 Å². The number of carbonyl (C=O) groups is 2. The van der Waals surface area contributed by atoms with Crippen LogP contribution < -0.4 is 10.2 Å². The molecule has 138 valence electrons. The molecule has 0 saturated heterocycles. The minimum Gasteiger partial charge on any atom is -0.325 e. The van der Waals surface area contributed by atoms with E-state index < -0.39 is 11.7 Å². The van der Waals surface area contributed by atoms with E-state index in [0.717, 1.165) is 11.8 Å². The summed E-state index contributed by atoms with van der Waals surface area (Å²) in [6, 6.07) is 12.2. The van der Waals surface area contributed by atoms with Crippen LogP contribution in [-0.4, -0.2) is 28.6 Å². The summed E-state index contributed by atoms with van der Waals surface area (Å²) in [4.78, 5) is 29.4. The Balaban J connectivity index is 1.72. The Morgan fingerprint density at radius 2 is 2.04 bits per heavy atom. The molecule has 0 unspecified atom stereocenters. The van der Waals surface area contributed by atoms with Crippen LogP contribution in [0.2, 0.25) is 5.02 Å². The lowest BCUT2D eigenvalue weighted by Gasteiger charge is -2.28. The van der Waals surface area contributed by atoms with E-state index in [1.807, 2.05) is 0 Å². The van der Waals surface area contributed by atoms with Gasteiger partial charge in [0.15, 0.2) is 5.17 Å². The van der Waals surface area contributed by atoms with Crippen molar-refractivity contribution in [1.82, 2.24) is 0 Å². The first kappa shape index (κ1) is 19.1. The zero-order valence-corrected chi connectivity index (χ0v) is 15.5. The lowest BCUT2D eigenvalue weighted by atomic mass is 10.2. The topological polar surface area (TPSA) is 85.6 Å². The van der Waals surface area contributed by atoms with Gasteiger partial charge in [-0.3, -0.25) is 19.9 Å². The van der Waals surface area contributed by atoms with Crippen LogP contribution in [0.25, 0.3) is 0 Å². The third-order valence-electron chi connectivity index (χ3n) is 3.53. The van der Waals surface area contributed by atoms with Crippen molar-refractivity contribution in [3.63, 3.8) is 0 Å². The third kappa shape index (κ3) is 4.93. The molecule has 1 aliphatic rings. The van der Waals surface area contributed by atoms with Gasteiger partial charge in [0.05, 0.1) is 17.9 Å². The predicted octanol–water partition coefficient (Wildman–Crippen LogP) is 3.92. The third-order valence-corrected chi connectivity index (χ3v) is 4.70. The van der Waals surface area contributed by atoms with Crippen molar-refractivity contribution in [3.05, 3.63) is 59.4 Å². The average molecular weight is 405 g/mol. The molecule has 0 atom stereocenters. The quantitative estimate of drug-likeness (QED) is 0.808. The molecule has 1 aliphatic heterocycles. The Morgan fingerprint density at radius 1 is 1.30 bits per heavy atom. The molecule has 9 heteroatoms. The number of nitrogens with one attached hydrogen (secondary N) is 2. The molecule has 0 radical (unpaired) electrons. The van der Waals surface area contributed by atoms with Gasteiger partial charge in [0.1, 0.15) is 11.7 Å². The second-order valence-electron chi connectivity index (χ2n) is 5.57. The first-order valence-electron chi connectivity index (χ1n) is 7.85. The molecule has 0 spiro atoms. The van der Waals surface area contributed by atoms with Crippen LogP contribution in [0.5, 0.6) is 0 Å². The highest BCUT2D eigenvalue weighted by molar-refractivity contribution is 8.14. The summed E-state index contributed by atoms with van der Waals surface area (Å²) >= 11 is 7.04.